The van der Waals surface area contributed by atoms with Gasteiger partial charge in [-0.3, -0.25) is 4.98 Å². The maximum Gasteiger partial charge on any atom is 0.241 e. The van der Waals surface area contributed by atoms with Gasteiger partial charge in [-0.2, -0.15) is 0 Å². The Bertz CT molecular complexity index is 597. The van der Waals surface area contributed by atoms with Gasteiger partial charge in [0.15, 0.2) is 0 Å². The van der Waals surface area contributed by atoms with Crippen LogP contribution in [-0.4, -0.2) is 4.98 Å². The molecule has 3 heteroatoms. The van der Waals surface area contributed by atoms with Crippen LogP contribution in [0.1, 0.15) is 109 Å². The molecule has 0 saturated carbocycles. The van der Waals surface area contributed by atoms with E-state index in [2.05, 4.69) is 72.5 Å². The van der Waals surface area contributed by atoms with E-state index in [-0.39, 0.29) is 12.4 Å². The van der Waals surface area contributed by atoms with Gasteiger partial charge in [0, 0.05) is 0 Å². The third-order valence-electron chi connectivity index (χ3n) is 6.44. The zero-order valence-corrected chi connectivity index (χ0v) is 20.3. The van der Waals surface area contributed by atoms with Crippen molar-refractivity contribution in [3.05, 3.63) is 54.6 Å². The number of aryl methyl sites for hydroxylation is 1. The Hall–Kier alpha value is -1.28. The van der Waals surface area contributed by atoms with E-state index in [1.54, 1.807) is 0 Å². The molecule has 0 spiro atoms. The van der Waals surface area contributed by atoms with Crippen molar-refractivity contribution in [3.8, 4) is 0 Å². The highest BCUT2D eigenvalue weighted by atomic mass is 35.5. The van der Waals surface area contributed by atoms with Crippen molar-refractivity contribution in [3.63, 3.8) is 0 Å². The van der Waals surface area contributed by atoms with Gasteiger partial charge >= 0.3 is 0 Å². The Morgan fingerprint density at radius 1 is 0.800 bits per heavy atom. The minimum atomic E-state index is 0. The summed E-state index contributed by atoms with van der Waals surface area (Å²) in [5, 5.41) is 0. The highest BCUT2D eigenvalue weighted by Gasteiger charge is 2.22. The summed E-state index contributed by atoms with van der Waals surface area (Å²) in [5.41, 5.74) is 1.46. The van der Waals surface area contributed by atoms with Crippen molar-refractivity contribution in [2.75, 3.05) is 0 Å². The predicted octanol–water partition coefficient (Wildman–Crippen LogP) is 4.82. The molecule has 2 aromatic rings. The number of imidazole rings is 1. The van der Waals surface area contributed by atoms with Crippen LogP contribution in [0.4, 0.5) is 0 Å². The minimum absolute atomic E-state index is 0. The van der Waals surface area contributed by atoms with E-state index in [4.69, 9.17) is 0 Å². The van der Waals surface area contributed by atoms with Crippen LogP contribution in [-0.2, 0) is 6.42 Å². The normalized spacial score (nSPS) is 13.0. The average Bonchev–Trinajstić information content (AvgIpc) is 3.28. The van der Waals surface area contributed by atoms with E-state index in [0.29, 0.717) is 12.0 Å². The lowest BCUT2D eigenvalue weighted by atomic mass is 9.90. The van der Waals surface area contributed by atoms with Crippen molar-refractivity contribution in [2.24, 2.45) is 5.92 Å². The first-order chi connectivity index (χ1) is 14.3. The number of aromatic amines is 1. The third-order valence-corrected chi connectivity index (χ3v) is 6.44. The SMILES string of the molecule is CCCCCCCCCCCCCC(C(C)CCc1ccccc1)[n+]1cc[nH]c1.[Cl-]. The van der Waals surface area contributed by atoms with Crippen LogP contribution in [0.3, 0.4) is 0 Å². The van der Waals surface area contributed by atoms with Gasteiger partial charge in [-0.1, -0.05) is 108 Å². The van der Waals surface area contributed by atoms with E-state index in [9.17, 15) is 0 Å². The van der Waals surface area contributed by atoms with Gasteiger partial charge in [0.1, 0.15) is 18.4 Å². The first-order valence-electron chi connectivity index (χ1n) is 12.4. The number of rotatable bonds is 17. The number of nitrogens with zero attached hydrogens (tertiary/aromatic N) is 1. The molecule has 1 N–H and O–H groups in total. The second kappa shape index (κ2) is 17.4. The maximum absolute atomic E-state index is 3.24. The first kappa shape index (κ1) is 26.8. The molecule has 0 bridgehead atoms. The topological polar surface area (TPSA) is 19.7 Å². The zero-order chi connectivity index (χ0) is 20.6. The maximum atomic E-state index is 3.24. The molecule has 2 unspecified atom stereocenters. The monoisotopic (exact) mass is 432 g/mol. The van der Waals surface area contributed by atoms with Crippen molar-refractivity contribution in [1.82, 2.24) is 4.98 Å². The molecule has 1 heterocycles. The second-order valence-electron chi connectivity index (χ2n) is 8.95. The number of nitrogens with one attached hydrogen (secondary N) is 1. The summed E-state index contributed by atoms with van der Waals surface area (Å²) >= 11 is 0. The van der Waals surface area contributed by atoms with Gasteiger partial charge in [0.2, 0.25) is 6.33 Å². The lowest BCUT2D eigenvalue weighted by molar-refractivity contribution is -0.729. The largest absolute Gasteiger partial charge is 1.00 e. The van der Waals surface area contributed by atoms with Crippen molar-refractivity contribution in [1.29, 1.82) is 0 Å². The Kier molecular flexibility index (Phi) is 15.5. The number of hydrogen-bond donors (Lipinski definition) is 1. The fourth-order valence-electron chi connectivity index (χ4n) is 4.48. The van der Waals surface area contributed by atoms with Crippen molar-refractivity contribution >= 4 is 0 Å². The van der Waals surface area contributed by atoms with Crippen LogP contribution in [0.25, 0.3) is 0 Å². The molecular weight excluding hydrogens is 388 g/mol. The molecule has 30 heavy (non-hydrogen) atoms. The average molecular weight is 433 g/mol. The molecule has 0 fully saturated rings. The van der Waals surface area contributed by atoms with Crippen LogP contribution in [0.2, 0.25) is 0 Å². The fraction of sp³-hybridized carbons (Fsp3) is 0.667. The lowest BCUT2D eigenvalue weighted by Crippen LogP contribution is -3.00. The standard InChI is InChI=1S/C27H44N2.ClH/c1-3-4-5-6-7-8-9-10-11-12-16-19-27(29-23-22-28-24-29)25(2)20-21-26-17-14-13-15-18-26;/h13-15,17-18,22-25,27H,3-12,16,19-21H2,1-2H3;1H. The minimum Gasteiger partial charge on any atom is -1.00 e. The molecule has 170 valence electrons. The first-order valence-corrected chi connectivity index (χ1v) is 12.4. The third kappa shape index (κ3) is 11.2. The van der Waals surface area contributed by atoms with E-state index in [1.807, 2.05) is 0 Å². The fourth-order valence-corrected chi connectivity index (χ4v) is 4.48. The van der Waals surface area contributed by atoms with Gasteiger partial charge in [-0.15, -0.1) is 0 Å². The molecule has 0 amide bonds. The summed E-state index contributed by atoms with van der Waals surface area (Å²) in [6.45, 7) is 4.73. The highest BCUT2D eigenvalue weighted by molar-refractivity contribution is 5.14. The van der Waals surface area contributed by atoms with Gasteiger partial charge in [0.05, 0.1) is 0 Å². The molecule has 0 aliphatic carbocycles. The molecule has 2 nitrogen and oxygen atoms in total. The Morgan fingerprint density at radius 3 is 1.97 bits per heavy atom. The summed E-state index contributed by atoms with van der Waals surface area (Å²) < 4.78 is 2.41. The molecule has 0 aliphatic rings. The number of aromatic nitrogens is 2. The number of benzene rings is 1. The van der Waals surface area contributed by atoms with E-state index in [0.717, 1.165) is 0 Å². The van der Waals surface area contributed by atoms with Crippen LogP contribution < -0.4 is 17.0 Å². The van der Waals surface area contributed by atoms with Crippen molar-refractivity contribution in [2.45, 2.75) is 110 Å². The molecule has 1 aromatic heterocycles. The van der Waals surface area contributed by atoms with E-state index in [1.165, 1.54) is 95.5 Å². The van der Waals surface area contributed by atoms with Crippen LogP contribution in [0, 0.1) is 5.92 Å². The van der Waals surface area contributed by atoms with Gasteiger partial charge < -0.3 is 12.4 Å². The molecule has 0 saturated heterocycles. The molecule has 0 aliphatic heterocycles. The van der Waals surface area contributed by atoms with Gasteiger partial charge in [-0.25, -0.2) is 4.57 Å². The Labute approximate surface area is 192 Å². The number of H-pyrrole nitrogens is 1. The number of halogens is 1. The van der Waals surface area contributed by atoms with Gasteiger partial charge in [-0.05, 0) is 37.2 Å². The Morgan fingerprint density at radius 2 is 1.40 bits per heavy atom. The molecule has 1 aromatic carbocycles. The van der Waals surface area contributed by atoms with Crippen molar-refractivity contribution < 1.29 is 17.0 Å². The van der Waals surface area contributed by atoms with Gasteiger partial charge in [0.25, 0.3) is 0 Å². The molecule has 0 radical (unpaired) electrons. The summed E-state index contributed by atoms with van der Waals surface area (Å²) in [6, 6.07) is 11.6. The smallest absolute Gasteiger partial charge is 0.241 e. The number of unbranched alkanes of at least 4 members (excludes halogenated alkanes) is 10. The highest BCUT2D eigenvalue weighted by Crippen LogP contribution is 2.24. The number of hydrogen-bond acceptors (Lipinski definition) is 0. The van der Waals surface area contributed by atoms with E-state index < -0.39 is 0 Å². The summed E-state index contributed by atoms with van der Waals surface area (Å²) in [4.78, 5) is 3.24. The van der Waals surface area contributed by atoms with Crippen LogP contribution >= 0.6 is 0 Å². The summed E-state index contributed by atoms with van der Waals surface area (Å²) in [5.74, 6) is 0.694. The molecule has 2 rings (SSSR count). The molecule has 2 atom stereocenters. The quantitative estimate of drug-likeness (QED) is 0.273. The Balaban J connectivity index is 0.00000450. The van der Waals surface area contributed by atoms with Crippen LogP contribution in [0.15, 0.2) is 49.1 Å². The predicted molar refractivity (Wildman–Crippen MR) is 125 cm³/mol. The lowest BCUT2D eigenvalue weighted by Gasteiger charge is -2.21. The van der Waals surface area contributed by atoms with E-state index >= 15 is 0 Å². The zero-order valence-electron chi connectivity index (χ0n) is 19.5. The molecular formula is C27H45ClN2. The van der Waals surface area contributed by atoms with Crippen LogP contribution in [0.5, 0.6) is 0 Å². The summed E-state index contributed by atoms with van der Waals surface area (Å²) in [6.07, 6.45) is 25.7. The second-order valence-corrected chi connectivity index (χ2v) is 8.95. The summed E-state index contributed by atoms with van der Waals surface area (Å²) in [7, 11) is 0.